The molecule has 5 nitrogen and oxygen atoms in total. The third-order valence-electron chi connectivity index (χ3n) is 4.86. The lowest BCUT2D eigenvalue weighted by Crippen LogP contribution is -2.40. The molecule has 0 radical (unpaired) electrons. The monoisotopic (exact) mass is 305 g/mol. The summed E-state index contributed by atoms with van der Waals surface area (Å²) in [6, 6.07) is 0. The Balaban J connectivity index is 1.59. The van der Waals surface area contributed by atoms with Gasteiger partial charge in [0.25, 0.3) is 0 Å². The van der Waals surface area contributed by atoms with Gasteiger partial charge in [0, 0.05) is 23.7 Å². The summed E-state index contributed by atoms with van der Waals surface area (Å²) >= 11 is 0. The van der Waals surface area contributed by atoms with Gasteiger partial charge in [-0.3, -0.25) is 4.79 Å². The molecule has 2 aliphatic carbocycles. The van der Waals surface area contributed by atoms with Gasteiger partial charge in [0.05, 0.1) is 13.0 Å². The molecule has 3 aliphatic rings. The van der Waals surface area contributed by atoms with Crippen LogP contribution in [0.15, 0.2) is 23.4 Å². The molecule has 3 rings (SSSR count). The molecule has 0 aromatic rings. The van der Waals surface area contributed by atoms with Crippen molar-refractivity contribution in [3.63, 3.8) is 0 Å². The van der Waals surface area contributed by atoms with Crippen molar-refractivity contribution in [2.45, 2.75) is 44.6 Å². The van der Waals surface area contributed by atoms with Crippen molar-refractivity contribution >= 4 is 11.9 Å². The van der Waals surface area contributed by atoms with Crippen LogP contribution in [0.25, 0.3) is 0 Å². The number of nitrogens with one attached hydrogen (secondary N) is 1. The molecule has 5 heteroatoms. The van der Waals surface area contributed by atoms with E-state index in [1.54, 1.807) is 0 Å². The lowest BCUT2D eigenvalue weighted by atomic mass is 9.81. The summed E-state index contributed by atoms with van der Waals surface area (Å²) in [6.45, 7) is 0.620. The highest BCUT2D eigenvalue weighted by molar-refractivity contribution is 5.89. The second-order valence-electron chi connectivity index (χ2n) is 6.36. The topological polar surface area (TPSA) is 64.6 Å². The zero-order valence-electron chi connectivity index (χ0n) is 13.0. The summed E-state index contributed by atoms with van der Waals surface area (Å²) in [5, 5.41) is 3.32. The van der Waals surface area contributed by atoms with Crippen LogP contribution >= 0.6 is 0 Å². The van der Waals surface area contributed by atoms with Gasteiger partial charge in [-0.25, -0.2) is 4.79 Å². The molecule has 0 aromatic carbocycles. The zero-order valence-corrected chi connectivity index (χ0v) is 13.0. The molecular formula is C17H23NO4. The SMILES string of the molecule is COC(=O)C1=CC=C2NCC(C(=O)OC3CCCC3)CC2C1. The summed E-state index contributed by atoms with van der Waals surface area (Å²) in [5.74, 6) is -0.327. The zero-order chi connectivity index (χ0) is 15.5. The maximum atomic E-state index is 12.3. The van der Waals surface area contributed by atoms with E-state index < -0.39 is 0 Å². The second-order valence-corrected chi connectivity index (χ2v) is 6.36. The molecule has 2 atom stereocenters. The molecule has 2 unspecified atom stereocenters. The largest absolute Gasteiger partial charge is 0.466 e. The predicted molar refractivity (Wildman–Crippen MR) is 80.7 cm³/mol. The molecule has 0 spiro atoms. The van der Waals surface area contributed by atoms with E-state index in [9.17, 15) is 9.59 Å². The average Bonchev–Trinajstić information content (AvgIpc) is 3.06. The van der Waals surface area contributed by atoms with Crippen LogP contribution in [0.2, 0.25) is 0 Å². The third-order valence-corrected chi connectivity index (χ3v) is 4.86. The number of esters is 2. The number of ether oxygens (including phenoxy) is 2. The fraction of sp³-hybridized carbons (Fsp3) is 0.647. The van der Waals surface area contributed by atoms with Crippen LogP contribution in [0.5, 0.6) is 0 Å². The van der Waals surface area contributed by atoms with Gasteiger partial charge >= 0.3 is 11.9 Å². The summed E-state index contributed by atoms with van der Waals surface area (Å²) < 4.78 is 10.4. The summed E-state index contributed by atoms with van der Waals surface area (Å²) in [4.78, 5) is 24.0. The van der Waals surface area contributed by atoms with E-state index in [2.05, 4.69) is 5.32 Å². The highest BCUT2D eigenvalue weighted by Gasteiger charge is 2.35. The van der Waals surface area contributed by atoms with Crippen LogP contribution in [-0.2, 0) is 19.1 Å². The summed E-state index contributed by atoms with van der Waals surface area (Å²) in [7, 11) is 1.39. The number of hydrogen-bond acceptors (Lipinski definition) is 5. The summed E-state index contributed by atoms with van der Waals surface area (Å²) in [5.41, 5.74) is 1.78. The fourth-order valence-corrected chi connectivity index (χ4v) is 3.58. The van der Waals surface area contributed by atoms with Crippen LogP contribution in [-0.4, -0.2) is 31.7 Å². The minimum absolute atomic E-state index is 0.0902. The average molecular weight is 305 g/mol. The van der Waals surface area contributed by atoms with Gasteiger partial charge < -0.3 is 14.8 Å². The van der Waals surface area contributed by atoms with E-state index in [0.29, 0.717) is 18.5 Å². The smallest absolute Gasteiger partial charge is 0.333 e. The molecule has 1 saturated heterocycles. The van der Waals surface area contributed by atoms with Crippen molar-refractivity contribution in [3.05, 3.63) is 23.4 Å². The van der Waals surface area contributed by atoms with Crippen molar-refractivity contribution < 1.29 is 19.1 Å². The Morgan fingerprint density at radius 3 is 2.73 bits per heavy atom. The number of rotatable bonds is 3. The number of hydrogen-bond donors (Lipinski definition) is 1. The van der Waals surface area contributed by atoms with Gasteiger partial charge in [-0.05, 0) is 44.6 Å². The minimum Gasteiger partial charge on any atom is -0.466 e. The van der Waals surface area contributed by atoms with Crippen molar-refractivity contribution in [2.75, 3.05) is 13.7 Å². The van der Waals surface area contributed by atoms with Gasteiger partial charge in [0.15, 0.2) is 0 Å². The Morgan fingerprint density at radius 2 is 2.00 bits per heavy atom. The molecule has 0 aromatic heterocycles. The lowest BCUT2D eigenvalue weighted by Gasteiger charge is -2.34. The van der Waals surface area contributed by atoms with E-state index in [1.807, 2.05) is 12.2 Å². The molecule has 0 bridgehead atoms. The first-order valence-corrected chi connectivity index (χ1v) is 8.11. The maximum Gasteiger partial charge on any atom is 0.333 e. The van der Waals surface area contributed by atoms with Crippen molar-refractivity contribution in [1.29, 1.82) is 0 Å². The van der Waals surface area contributed by atoms with Crippen LogP contribution in [0.4, 0.5) is 0 Å². The van der Waals surface area contributed by atoms with Gasteiger partial charge in [-0.2, -0.15) is 0 Å². The Hall–Kier alpha value is -1.78. The van der Waals surface area contributed by atoms with Crippen molar-refractivity contribution in [2.24, 2.45) is 11.8 Å². The highest BCUT2D eigenvalue weighted by atomic mass is 16.5. The molecule has 120 valence electrons. The highest BCUT2D eigenvalue weighted by Crippen LogP contribution is 2.34. The van der Waals surface area contributed by atoms with E-state index in [1.165, 1.54) is 7.11 Å². The Labute approximate surface area is 130 Å². The first-order chi connectivity index (χ1) is 10.7. The predicted octanol–water partition coefficient (Wildman–Crippen LogP) is 2.08. The maximum absolute atomic E-state index is 12.3. The fourth-order valence-electron chi connectivity index (χ4n) is 3.58. The molecule has 0 amide bonds. The van der Waals surface area contributed by atoms with E-state index in [0.717, 1.165) is 37.8 Å². The van der Waals surface area contributed by atoms with Gasteiger partial charge in [-0.1, -0.05) is 6.08 Å². The Bertz CT molecular complexity index is 517. The number of fused-ring (bicyclic) bond motifs is 1. The van der Waals surface area contributed by atoms with Crippen molar-refractivity contribution in [3.8, 4) is 0 Å². The molecule has 1 aliphatic heterocycles. The normalized spacial score (nSPS) is 28.0. The van der Waals surface area contributed by atoms with Crippen LogP contribution in [0, 0.1) is 11.8 Å². The van der Waals surface area contributed by atoms with Crippen LogP contribution in [0.3, 0.4) is 0 Å². The van der Waals surface area contributed by atoms with E-state index in [4.69, 9.17) is 9.47 Å². The van der Waals surface area contributed by atoms with Crippen LogP contribution < -0.4 is 5.32 Å². The number of carbonyl (C=O) groups is 2. The molecule has 2 fully saturated rings. The molecule has 1 heterocycles. The number of methoxy groups -OCH3 is 1. The van der Waals surface area contributed by atoms with Crippen molar-refractivity contribution in [1.82, 2.24) is 5.32 Å². The molecular weight excluding hydrogens is 282 g/mol. The second kappa shape index (κ2) is 6.55. The van der Waals surface area contributed by atoms with E-state index >= 15 is 0 Å². The molecule has 22 heavy (non-hydrogen) atoms. The van der Waals surface area contributed by atoms with Crippen LogP contribution in [0.1, 0.15) is 38.5 Å². The van der Waals surface area contributed by atoms with Gasteiger partial charge in [0.2, 0.25) is 0 Å². The molecule has 1 N–H and O–H groups in total. The van der Waals surface area contributed by atoms with Gasteiger partial charge in [0.1, 0.15) is 6.10 Å². The third kappa shape index (κ3) is 3.18. The van der Waals surface area contributed by atoms with E-state index in [-0.39, 0.29) is 29.9 Å². The number of piperidine rings is 1. The lowest BCUT2D eigenvalue weighted by molar-refractivity contribution is -0.154. The first kappa shape index (κ1) is 15.1. The minimum atomic E-state index is -0.286. The molecule has 1 saturated carbocycles. The number of allylic oxidation sites excluding steroid dienone is 3. The standard InChI is InChI=1S/C17H23NO4/c1-21-16(19)11-6-7-15-12(8-11)9-13(10-18-15)17(20)22-14-4-2-3-5-14/h6-7,12-14,18H,2-5,8-10H2,1H3. The Kier molecular flexibility index (Phi) is 4.50. The Morgan fingerprint density at radius 1 is 1.23 bits per heavy atom. The number of carbonyl (C=O) groups excluding carboxylic acids is 2. The quantitative estimate of drug-likeness (QED) is 0.809. The van der Waals surface area contributed by atoms with Gasteiger partial charge in [-0.15, -0.1) is 0 Å². The first-order valence-electron chi connectivity index (χ1n) is 8.11. The summed E-state index contributed by atoms with van der Waals surface area (Å²) in [6.07, 6.45) is 9.51.